The summed E-state index contributed by atoms with van der Waals surface area (Å²) in [6.45, 7) is 9.11. The van der Waals surface area contributed by atoms with E-state index in [0.29, 0.717) is 26.2 Å². The number of fused-ring (bicyclic) bond motifs is 1. The van der Waals surface area contributed by atoms with Crippen LogP contribution in [0.3, 0.4) is 0 Å². The topological polar surface area (TPSA) is 53.0 Å². The van der Waals surface area contributed by atoms with Crippen LogP contribution in [0.2, 0.25) is 0 Å². The molecule has 0 saturated carbocycles. The van der Waals surface area contributed by atoms with E-state index in [9.17, 15) is 9.90 Å². The largest absolute Gasteiger partial charge is 0.491 e. The summed E-state index contributed by atoms with van der Waals surface area (Å²) in [6.07, 6.45) is 3.19. The lowest BCUT2D eigenvalue weighted by Gasteiger charge is -2.37. The zero-order valence-electron chi connectivity index (χ0n) is 19.0. The van der Waals surface area contributed by atoms with Crippen molar-refractivity contribution in [3.63, 3.8) is 0 Å². The first-order chi connectivity index (χ1) is 15.0. The van der Waals surface area contributed by atoms with Crippen LogP contribution in [0.5, 0.6) is 5.75 Å². The Morgan fingerprint density at radius 3 is 2.74 bits per heavy atom. The number of aliphatic hydroxyl groups is 1. The van der Waals surface area contributed by atoms with Gasteiger partial charge < -0.3 is 14.7 Å². The number of hydrogen-bond acceptors (Lipinski definition) is 5. The standard InChI is InChI=1S/C25H36N2O3S/c1-4-6-20(28)16-26(13-5-2)17-25(29)27-14-11-24-22(12-15-31-24)23(27)18-30-21-9-7-19(3)8-10-21/h7-10,12,15,20,23,28H,4-6,11,13-14,16-18H2,1-3H3/t20-,23+/m0/s1. The molecule has 1 aliphatic heterocycles. The maximum absolute atomic E-state index is 13.4. The molecule has 31 heavy (non-hydrogen) atoms. The van der Waals surface area contributed by atoms with Gasteiger partial charge in [-0.05, 0) is 61.9 Å². The molecule has 0 unspecified atom stereocenters. The minimum absolute atomic E-state index is 0.0761. The van der Waals surface area contributed by atoms with Crippen molar-refractivity contribution < 1.29 is 14.6 Å². The van der Waals surface area contributed by atoms with E-state index < -0.39 is 0 Å². The van der Waals surface area contributed by atoms with Crippen LogP contribution < -0.4 is 4.74 Å². The highest BCUT2D eigenvalue weighted by molar-refractivity contribution is 7.10. The van der Waals surface area contributed by atoms with E-state index in [1.54, 1.807) is 11.3 Å². The Balaban J connectivity index is 1.70. The first-order valence-corrected chi connectivity index (χ1v) is 12.3. The molecule has 2 atom stereocenters. The number of hydrogen-bond donors (Lipinski definition) is 1. The van der Waals surface area contributed by atoms with E-state index in [2.05, 4.69) is 37.1 Å². The summed E-state index contributed by atoms with van der Waals surface area (Å²) in [5.41, 5.74) is 2.41. The van der Waals surface area contributed by atoms with Gasteiger partial charge >= 0.3 is 0 Å². The van der Waals surface area contributed by atoms with Crippen molar-refractivity contribution >= 4 is 17.2 Å². The Kier molecular flexibility index (Phi) is 8.93. The summed E-state index contributed by atoms with van der Waals surface area (Å²) >= 11 is 1.77. The van der Waals surface area contributed by atoms with Gasteiger partial charge in [0.1, 0.15) is 12.4 Å². The first kappa shape index (κ1) is 23.8. The summed E-state index contributed by atoms with van der Waals surface area (Å²) in [4.78, 5) is 18.8. The van der Waals surface area contributed by atoms with Crippen LogP contribution in [0.15, 0.2) is 35.7 Å². The monoisotopic (exact) mass is 444 g/mol. The van der Waals surface area contributed by atoms with Crippen LogP contribution >= 0.6 is 11.3 Å². The van der Waals surface area contributed by atoms with Crippen LogP contribution in [0.1, 0.15) is 55.2 Å². The number of carbonyl (C=O) groups is 1. The zero-order chi connectivity index (χ0) is 22.2. The summed E-state index contributed by atoms with van der Waals surface area (Å²) in [5, 5.41) is 12.4. The fraction of sp³-hybridized carbons (Fsp3) is 0.560. The predicted molar refractivity (Wildman–Crippen MR) is 127 cm³/mol. The maximum Gasteiger partial charge on any atom is 0.237 e. The van der Waals surface area contributed by atoms with Crippen molar-refractivity contribution in [2.24, 2.45) is 0 Å². The SMILES string of the molecule is CCC[C@H](O)CN(CCC)CC(=O)N1CCc2sccc2[C@H]1COc1ccc(C)cc1. The van der Waals surface area contributed by atoms with Gasteiger partial charge in [0, 0.05) is 18.0 Å². The molecule has 3 rings (SSSR count). The molecular formula is C25H36N2O3S. The van der Waals surface area contributed by atoms with Crippen LogP contribution in [0.25, 0.3) is 0 Å². The van der Waals surface area contributed by atoms with E-state index in [0.717, 1.165) is 38.0 Å². The van der Waals surface area contributed by atoms with Crippen LogP contribution in [-0.2, 0) is 11.2 Å². The molecule has 2 aromatic rings. The van der Waals surface area contributed by atoms with E-state index in [-0.39, 0.29) is 18.1 Å². The highest BCUT2D eigenvalue weighted by Crippen LogP contribution is 2.34. The number of thiophene rings is 1. The number of nitrogens with zero attached hydrogens (tertiary/aromatic N) is 2. The fourth-order valence-electron chi connectivity index (χ4n) is 4.24. The van der Waals surface area contributed by atoms with Gasteiger partial charge in [0.25, 0.3) is 0 Å². The van der Waals surface area contributed by atoms with Gasteiger partial charge in [-0.3, -0.25) is 9.69 Å². The molecule has 5 nitrogen and oxygen atoms in total. The lowest BCUT2D eigenvalue weighted by molar-refractivity contribution is -0.136. The average molecular weight is 445 g/mol. The third-order valence-electron chi connectivity index (χ3n) is 5.83. The molecule has 170 valence electrons. The molecule has 0 fully saturated rings. The molecule has 0 saturated heterocycles. The molecule has 1 amide bonds. The number of amides is 1. The summed E-state index contributed by atoms with van der Waals surface area (Å²) in [5.74, 6) is 0.946. The average Bonchev–Trinajstić information content (AvgIpc) is 3.22. The smallest absolute Gasteiger partial charge is 0.237 e. The van der Waals surface area contributed by atoms with Crippen LogP contribution in [-0.4, -0.2) is 59.7 Å². The van der Waals surface area contributed by atoms with Crippen molar-refractivity contribution in [1.82, 2.24) is 9.80 Å². The molecule has 1 aliphatic rings. The van der Waals surface area contributed by atoms with Gasteiger partial charge in [0.2, 0.25) is 5.91 Å². The molecular weight excluding hydrogens is 408 g/mol. The number of carbonyl (C=O) groups excluding carboxylic acids is 1. The van der Waals surface area contributed by atoms with Gasteiger partial charge in [-0.25, -0.2) is 0 Å². The van der Waals surface area contributed by atoms with Crippen molar-refractivity contribution in [3.8, 4) is 5.75 Å². The van der Waals surface area contributed by atoms with E-state index >= 15 is 0 Å². The van der Waals surface area contributed by atoms with Crippen LogP contribution in [0.4, 0.5) is 0 Å². The number of benzene rings is 1. The van der Waals surface area contributed by atoms with E-state index in [1.165, 1.54) is 16.0 Å². The molecule has 1 N–H and O–H groups in total. The molecule has 0 bridgehead atoms. The third-order valence-corrected chi connectivity index (χ3v) is 6.83. The molecule has 0 spiro atoms. The highest BCUT2D eigenvalue weighted by Gasteiger charge is 2.33. The van der Waals surface area contributed by atoms with E-state index in [4.69, 9.17) is 4.74 Å². The minimum atomic E-state index is -0.380. The Hall–Kier alpha value is -1.89. The number of ether oxygens (including phenoxy) is 1. The molecule has 6 heteroatoms. The fourth-order valence-corrected chi connectivity index (χ4v) is 5.17. The molecule has 2 heterocycles. The second-order valence-corrected chi connectivity index (χ2v) is 9.45. The summed E-state index contributed by atoms with van der Waals surface area (Å²) in [7, 11) is 0. The molecule has 1 aromatic carbocycles. The molecule has 0 aliphatic carbocycles. The van der Waals surface area contributed by atoms with Crippen molar-refractivity contribution in [2.75, 3.05) is 32.8 Å². The highest BCUT2D eigenvalue weighted by atomic mass is 32.1. The van der Waals surface area contributed by atoms with Crippen molar-refractivity contribution in [2.45, 2.75) is 58.6 Å². The second kappa shape index (κ2) is 11.7. The quantitative estimate of drug-likeness (QED) is 0.557. The molecule has 0 radical (unpaired) electrons. The number of aliphatic hydroxyl groups excluding tert-OH is 1. The van der Waals surface area contributed by atoms with Gasteiger partial charge in [-0.1, -0.05) is 38.0 Å². The minimum Gasteiger partial charge on any atom is -0.491 e. The zero-order valence-corrected chi connectivity index (χ0v) is 19.9. The lowest BCUT2D eigenvalue weighted by Crippen LogP contribution is -2.47. The normalized spacial score (nSPS) is 16.9. The van der Waals surface area contributed by atoms with Crippen molar-refractivity contribution in [3.05, 3.63) is 51.7 Å². The van der Waals surface area contributed by atoms with Gasteiger partial charge in [0.05, 0.1) is 18.7 Å². The maximum atomic E-state index is 13.4. The Bertz CT molecular complexity index is 820. The summed E-state index contributed by atoms with van der Waals surface area (Å²) in [6, 6.07) is 10.1. The lowest BCUT2D eigenvalue weighted by atomic mass is 10.0. The van der Waals surface area contributed by atoms with Crippen molar-refractivity contribution in [1.29, 1.82) is 0 Å². The summed E-state index contributed by atoms with van der Waals surface area (Å²) < 4.78 is 6.11. The Morgan fingerprint density at radius 2 is 2.03 bits per heavy atom. The predicted octanol–water partition coefficient (Wildman–Crippen LogP) is 4.43. The number of rotatable bonds is 11. The number of aryl methyl sites for hydroxylation is 1. The van der Waals surface area contributed by atoms with Crippen LogP contribution in [0, 0.1) is 6.92 Å². The Labute approximate surface area is 190 Å². The third kappa shape index (κ3) is 6.55. The van der Waals surface area contributed by atoms with Gasteiger partial charge in [-0.2, -0.15) is 0 Å². The molecule has 1 aromatic heterocycles. The first-order valence-electron chi connectivity index (χ1n) is 11.5. The second-order valence-electron chi connectivity index (χ2n) is 8.45. The van der Waals surface area contributed by atoms with Gasteiger partial charge in [-0.15, -0.1) is 11.3 Å². The Morgan fingerprint density at radius 1 is 1.26 bits per heavy atom. The van der Waals surface area contributed by atoms with Gasteiger partial charge in [0.15, 0.2) is 0 Å². The van der Waals surface area contributed by atoms with E-state index in [1.807, 2.05) is 29.2 Å².